The largest absolute Gasteiger partial charge is 0.339 e. The minimum atomic E-state index is 0.429. The molecule has 1 aromatic carbocycles. The molecule has 2 aromatic rings. The summed E-state index contributed by atoms with van der Waals surface area (Å²) in [7, 11) is 0. The van der Waals surface area contributed by atoms with Crippen LogP contribution >= 0.6 is 23.2 Å². The van der Waals surface area contributed by atoms with Crippen molar-refractivity contribution in [1.29, 1.82) is 0 Å². The van der Waals surface area contributed by atoms with Crippen molar-refractivity contribution in [2.75, 3.05) is 10.7 Å². The van der Waals surface area contributed by atoms with Gasteiger partial charge in [-0.05, 0) is 31.0 Å². The fourth-order valence-electron chi connectivity index (χ4n) is 1.86. The first kappa shape index (κ1) is 13.4. The Morgan fingerprint density at radius 2 is 1.85 bits per heavy atom. The van der Waals surface area contributed by atoms with Crippen LogP contribution in [-0.2, 0) is 0 Å². The maximum absolute atomic E-state index is 6.13. The Kier molecular flexibility index (Phi) is 3.65. The summed E-state index contributed by atoms with van der Waals surface area (Å²) in [5, 5.41) is 4.32. The van der Waals surface area contributed by atoms with Gasteiger partial charge in [0.05, 0.1) is 10.7 Å². The number of aromatic nitrogens is 2. The maximum Gasteiger partial charge on any atom is 0.145 e. The Bertz CT molecular complexity index is 643. The van der Waals surface area contributed by atoms with Crippen molar-refractivity contribution >= 4 is 40.5 Å². The predicted molar refractivity (Wildman–Crippen MR) is 81.6 cm³/mol. The maximum atomic E-state index is 6.13. The molecule has 5 nitrogen and oxygen atoms in total. The molecule has 1 aromatic heterocycles. The van der Waals surface area contributed by atoms with E-state index in [0.717, 1.165) is 18.7 Å². The Morgan fingerprint density at radius 3 is 2.55 bits per heavy atom. The van der Waals surface area contributed by atoms with Gasteiger partial charge in [0.1, 0.15) is 17.5 Å². The summed E-state index contributed by atoms with van der Waals surface area (Å²) < 4.78 is 0. The third-order valence-corrected chi connectivity index (χ3v) is 3.59. The van der Waals surface area contributed by atoms with E-state index in [4.69, 9.17) is 29.0 Å². The van der Waals surface area contributed by atoms with Gasteiger partial charge < -0.3 is 10.7 Å². The lowest BCUT2D eigenvalue weighted by Crippen LogP contribution is -2.11. The highest BCUT2D eigenvalue weighted by Gasteiger charge is 2.27. The van der Waals surface area contributed by atoms with E-state index < -0.39 is 0 Å². The molecule has 104 valence electrons. The summed E-state index contributed by atoms with van der Waals surface area (Å²) in [5.41, 5.74) is 3.25. The summed E-state index contributed by atoms with van der Waals surface area (Å²) in [6.07, 6.45) is 2.23. The van der Waals surface area contributed by atoms with Crippen LogP contribution in [0.2, 0.25) is 10.0 Å². The number of rotatable bonds is 4. The van der Waals surface area contributed by atoms with E-state index in [0.29, 0.717) is 33.3 Å². The van der Waals surface area contributed by atoms with Gasteiger partial charge in [0.25, 0.3) is 0 Å². The standard InChI is InChI=1S/C13H13Cl2N5/c14-8-3-4-9(15)10(5-8)17-11-6-12(20-16)19-13(18-11)7-1-2-7/h3-7H,1-2,16H2,(H2,17,18,19,20). The Hall–Kier alpha value is -1.56. The third kappa shape index (κ3) is 2.95. The Labute approximate surface area is 126 Å². The highest BCUT2D eigenvalue weighted by Crippen LogP contribution is 2.39. The van der Waals surface area contributed by atoms with E-state index in [2.05, 4.69) is 20.7 Å². The van der Waals surface area contributed by atoms with E-state index in [1.165, 1.54) is 0 Å². The van der Waals surface area contributed by atoms with E-state index in [1.54, 1.807) is 24.3 Å². The van der Waals surface area contributed by atoms with Gasteiger partial charge in [-0.1, -0.05) is 23.2 Å². The molecule has 0 saturated heterocycles. The van der Waals surface area contributed by atoms with Crippen LogP contribution in [0, 0.1) is 0 Å². The van der Waals surface area contributed by atoms with Crippen LogP contribution in [0.5, 0.6) is 0 Å². The normalized spacial score (nSPS) is 14.2. The molecule has 0 radical (unpaired) electrons. The molecule has 1 heterocycles. The Balaban J connectivity index is 1.93. The monoisotopic (exact) mass is 309 g/mol. The molecule has 0 atom stereocenters. The van der Waals surface area contributed by atoms with E-state index in [9.17, 15) is 0 Å². The lowest BCUT2D eigenvalue weighted by molar-refractivity contribution is 0.929. The topological polar surface area (TPSA) is 75.9 Å². The second-order valence-corrected chi connectivity index (χ2v) is 5.51. The van der Waals surface area contributed by atoms with Crippen molar-refractivity contribution < 1.29 is 0 Å². The number of anilines is 3. The third-order valence-electron chi connectivity index (χ3n) is 3.02. The van der Waals surface area contributed by atoms with Crippen molar-refractivity contribution in [2.24, 2.45) is 5.84 Å². The molecule has 3 rings (SSSR count). The van der Waals surface area contributed by atoms with E-state index >= 15 is 0 Å². The van der Waals surface area contributed by atoms with Crippen LogP contribution in [0.1, 0.15) is 24.6 Å². The number of halogens is 2. The number of nitrogen functional groups attached to an aromatic ring is 1. The number of nitrogens with two attached hydrogens (primary N) is 1. The number of hydrazine groups is 1. The molecule has 1 fully saturated rings. The molecular formula is C13H13Cl2N5. The molecule has 4 N–H and O–H groups in total. The van der Waals surface area contributed by atoms with Crippen LogP contribution in [0.3, 0.4) is 0 Å². The van der Waals surface area contributed by atoms with Gasteiger partial charge in [0.2, 0.25) is 0 Å². The lowest BCUT2D eigenvalue weighted by Gasteiger charge is -2.11. The number of benzene rings is 1. The summed E-state index contributed by atoms with van der Waals surface area (Å²) >= 11 is 12.1. The number of hydrogen-bond acceptors (Lipinski definition) is 5. The van der Waals surface area contributed by atoms with Gasteiger partial charge in [-0.2, -0.15) is 0 Å². The zero-order valence-corrected chi connectivity index (χ0v) is 12.0. The summed E-state index contributed by atoms with van der Waals surface area (Å²) in [6.45, 7) is 0. The number of nitrogens with zero attached hydrogens (tertiary/aromatic N) is 2. The van der Waals surface area contributed by atoms with Crippen molar-refractivity contribution in [3.8, 4) is 0 Å². The van der Waals surface area contributed by atoms with E-state index in [1.807, 2.05) is 0 Å². The molecule has 0 aliphatic heterocycles. The van der Waals surface area contributed by atoms with Crippen molar-refractivity contribution in [3.63, 3.8) is 0 Å². The second kappa shape index (κ2) is 5.44. The average molecular weight is 310 g/mol. The van der Waals surface area contributed by atoms with Crippen molar-refractivity contribution in [3.05, 3.63) is 40.1 Å². The summed E-state index contributed by atoms with van der Waals surface area (Å²) in [4.78, 5) is 8.84. The fraction of sp³-hybridized carbons (Fsp3) is 0.231. The molecule has 1 aliphatic carbocycles. The minimum Gasteiger partial charge on any atom is -0.339 e. The molecule has 0 spiro atoms. The molecule has 1 aliphatic rings. The second-order valence-electron chi connectivity index (χ2n) is 4.66. The van der Waals surface area contributed by atoms with Gasteiger partial charge in [0, 0.05) is 17.0 Å². The zero-order valence-electron chi connectivity index (χ0n) is 10.5. The first-order chi connectivity index (χ1) is 9.65. The molecule has 20 heavy (non-hydrogen) atoms. The first-order valence-electron chi connectivity index (χ1n) is 6.23. The van der Waals surface area contributed by atoms with Crippen LogP contribution in [0.4, 0.5) is 17.3 Å². The van der Waals surface area contributed by atoms with Gasteiger partial charge in [0.15, 0.2) is 0 Å². The SMILES string of the molecule is NNc1cc(Nc2cc(Cl)ccc2Cl)nc(C2CC2)n1. The van der Waals surface area contributed by atoms with Gasteiger partial charge in [-0.3, -0.25) is 0 Å². The van der Waals surface area contributed by atoms with Crippen LogP contribution in [0.15, 0.2) is 24.3 Å². The molecule has 1 saturated carbocycles. The van der Waals surface area contributed by atoms with Gasteiger partial charge in [-0.25, -0.2) is 15.8 Å². The first-order valence-corrected chi connectivity index (χ1v) is 6.99. The molecule has 0 bridgehead atoms. The quantitative estimate of drug-likeness (QED) is 0.593. The fourth-order valence-corrected chi connectivity index (χ4v) is 2.20. The minimum absolute atomic E-state index is 0.429. The highest BCUT2D eigenvalue weighted by molar-refractivity contribution is 6.35. The smallest absolute Gasteiger partial charge is 0.145 e. The van der Waals surface area contributed by atoms with E-state index in [-0.39, 0.29) is 0 Å². The molecular weight excluding hydrogens is 297 g/mol. The predicted octanol–water partition coefficient (Wildman–Crippen LogP) is 3.69. The lowest BCUT2D eigenvalue weighted by atomic mass is 10.3. The number of nitrogens with one attached hydrogen (secondary N) is 2. The number of hydrogen-bond donors (Lipinski definition) is 3. The van der Waals surface area contributed by atoms with Crippen molar-refractivity contribution in [2.45, 2.75) is 18.8 Å². The highest BCUT2D eigenvalue weighted by atomic mass is 35.5. The average Bonchev–Trinajstić information content (AvgIpc) is 3.27. The molecule has 7 heteroatoms. The van der Waals surface area contributed by atoms with Crippen LogP contribution in [-0.4, -0.2) is 9.97 Å². The molecule has 0 amide bonds. The Morgan fingerprint density at radius 1 is 1.10 bits per heavy atom. The summed E-state index contributed by atoms with van der Waals surface area (Å²) in [6, 6.07) is 6.94. The molecule has 0 unspecified atom stereocenters. The van der Waals surface area contributed by atoms with Gasteiger partial charge >= 0.3 is 0 Å². The van der Waals surface area contributed by atoms with Crippen LogP contribution in [0.25, 0.3) is 0 Å². The zero-order chi connectivity index (χ0) is 14.1. The van der Waals surface area contributed by atoms with Gasteiger partial charge in [-0.15, -0.1) is 0 Å². The summed E-state index contributed by atoms with van der Waals surface area (Å²) in [5.74, 6) is 7.87. The van der Waals surface area contributed by atoms with Crippen molar-refractivity contribution in [1.82, 2.24) is 9.97 Å². The van der Waals surface area contributed by atoms with Crippen LogP contribution < -0.4 is 16.6 Å².